The van der Waals surface area contributed by atoms with Crippen molar-refractivity contribution in [3.8, 4) is 0 Å². The van der Waals surface area contributed by atoms with Gasteiger partial charge in [-0.25, -0.2) is 9.97 Å². The van der Waals surface area contributed by atoms with Gasteiger partial charge in [0, 0.05) is 49.5 Å². The predicted octanol–water partition coefficient (Wildman–Crippen LogP) is 6.28. The summed E-state index contributed by atoms with van der Waals surface area (Å²) in [6.07, 6.45) is 8.04. The van der Waals surface area contributed by atoms with E-state index in [1.165, 1.54) is 24.9 Å². The van der Waals surface area contributed by atoms with E-state index < -0.39 is 0 Å². The number of piperidine rings is 1. The molecule has 5 rings (SSSR count). The highest BCUT2D eigenvalue weighted by Gasteiger charge is 2.15. The molecule has 6 nitrogen and oxygen atoms in total. The van der Waals surface area contributed by atoms with E-state index in [1.54, 1.807) is 18.5 Å². The molecule has 1 aliphatic rings. The topological polar surface area (TPSA) is 84.1 Å². The van der Waals surface area contributed by atoms with Crippen molar-refractivity contribution in [3.05, 3.63) is 88.7 Å². The van der Waals surface area contributed by atoms with Crippen molar-refractivity contribution < 1.29 is 4.79 Å². The maximum absolute atomic E-state index is 13.2. The number of anilines is 3. The minimum absolute atomic E-state index is 0.00362. The summed E-state index contributed by atoms with van der Waals surface area (Å²) in [5.41, 5.74) is 9.95. The number of pyridine rings is 2. The van der Waals surface area contributed by atoms with Crippen molar-refractivity contribution in [1.29, 1.82) is 0 Å². The molecule has 36 heavy (non-hydrogen) atoms. The van der Waals surface area contributed by atoms with Gasteiger partial charge in [0.2, 0.25) is 0 Å². The Kier molecular flexibility index (Phi) is 7.33. The summed E-state index contributed by atoms with van der Waals surface area (Å²) in [5, 5.41) is 5.75. The molecule has 4 aromatic rings. The van der Waals surface area contributed by atoms with Crippen LogP contribution in [0.4, 0.5) is 17.3 Å². The molecule has 0 unspecified atom stereocenters. The number of nitrogen functional groups attached to an aromatic ring is 1. The molecule has 2 aromatic carbocycles. The number of carbonyl (C=O) groups is 1. The standard InChI is InChI=1S/C29H30ClN5O/c30-23-17-26(27(36)10-8-20-7-9-25-22(15-20)11-12-32-28(25)31)29(34-19-23)33-18-21-5-4-6-24(16-21)35-13-2-1-3-14-35/h4-7,9,11-12,15-17,19H,1-3,8,10,13-14,18H2,(H2,31,32)(H,33,34). The minimum Gasteiger partial charge on any atom is -0.383 e. The van der Waals surface area contributed by atoms with E-state index >= 15 is 0 Å². The van der Waals surface area contributed by atoms with Gasteiger partial charge < -0.3 is 16.0 Å². The van der Waals surface area contributed by atoms with E-state index in [4.69, 9.17) is 17.3 Å². The van der Waals surface area contributed by atoms with Gasteiger partial charge >= 0.3 is 0 Å². The number of ketones is 1. The smallest absolute Gasteiger partial charge is 0.166 e. The fourth-order valence-corrected chi connectivity index (χ4v) is 4.95. The first-order valence-corrected chi connectivity index (χ1v) is 12.8. The summed E-state index contributed by atoms with van der Waals surface area (Å²) in [7, 11) is 0. The first kappa shape index (κ1) is 24.1. The molecule has 0 bridgehead atoms. The average Bonchev–Trinajstić information content (AvgIpc) is 2.92. The zero-order chi connectivity index (χ0) is 24.9. The Labute approximate surface area is 216 Å². The number of aryl methyl sites for hydroxylation is 1. The molecule has 7 heteroatoms. The lowest BCUT2D eigenvalue weighted by molar-refractivity contribution is 0.0983. The lowest BCUT2D eigenvalue weighted by Gasteiger charge is -2.29. The highest BCUT2D eigenvalue weighted by atomic mass is 35.5. The molecule has 1 aliphatic heterocycles. The van der Waals surface area contributed by atoms with Gasteiger partial charge in [0.15, 0.2) is 5.78 Å². The van der Waals surface area contributed by atoms with E-state index in [9.17, 15) is 4.79 Å². The summed E-state index contributed by atoms with van der Waals surface area (Å²) in [4.78, 5) is 24.2. The zero-order valence-electron chi connectivity index (χ0n) is 20.2. The number of halogens is 1. The summed E-state index contributed by atoms with van der Waals surface area (Å²) >= 11 is 6.22. The van der Waals surface area contributed by atoms with Crippen molar-refractivity contribution in [1.82, 2.24) is 9.97 Å². The summed E-state index contributed by atoms with van der Waals surface area (Å²) in [5.74, 6) is 1.08. The second-order valence-electron chi connectivity index (χ2n) is 9.30. The van der Waals surface area contributed by atoms with E-state index in [0.717, 1.165) is 35.0 Å². The van der Waals surface area contributed by atoms with Crippen LogP contribution in [0.1, 0.15) is 47.2 Å². The van der Waals surface area contributed by atoms with E-state index in [0.29, 0.717) is 41.6 Å². The van der Waals surface area contributed by atoms with Crippen molar-refractivity contribution in [2.75, 3.05) is 29.0 Å². The number of aromatic nitrogens is 2. The zero-order valence-corrected chi connectivity index (χ0v) is 21.0. The summed E-state index contributed by atoms with van der Waals surface area (Å²) in [6.45, 7) is 2.79. The Morgan fingerprint density at radius 1 is 1.00 bits per heavy atom. The number of carbonyl (C=O) groups excluding carboxylic acids is 1. The number of nitrogens with one attached hydrogen (secondary N) is 1. The molecule has 0 aliphatic carbocycles. The maximum atomic E-state index is 13.2. The van der Waals surface area contributed by atoms with Crippen molar-refractivity contribution >= 4 is 45.5 Å². The SMILES string of the molecule is Nc1nccc2cc(CCC(=O)c3cc(Cl)cnc3NCc3cccc(N4CCCCC4)c3)ccc12. The third-order valence-corrected chi connectivity index (χ3v) is 6.95. The minimum atomic E-state index is 0.00362. The van der Waals surface area contributed by atoms with Crippen LogP contribution in [0, 0.1) is 0 Å². The van der Waals surface area contributed by atoms with E-state index in [1.807, 2.05) is 18.2 Å². The quantitative estimate of drug-likeness (QED) is 0.277. The molecule has 184 valence electrons. The molecule has 0 saturated carbocycles. The lowest BCUT2D eigenvalue weighted by Crippen LogP contribution is -2.29. The normalized spacial score (nSPS) is 13.6. The van der Waals surface area contributed by atoms with Crippen LogP contribution in [0.3, 0.4) is 0 Å². The predicted molar refractivity (Wildman–Crippen MR) is 148 cm³/mol. The number of fused-ring (bicyclic) bond motifs is 1. The lowest BCUT2D eigenvalue weighted by atomic mass is 10.0. The van der Waals surface area contributed by atoms with E-state index in [-0.39, 0.29) is 5.78 Å². The molecule has 2 aromatic heterocycles. The first-order chi connectivity index (χ1) is 17.6. The fourth-order valence-electron chi connectivity index (χ4n) is 4.79. The Morgan fingerprint density at radius 2 is 1.86 bits per heavy atom. The van der Waals surface area contributed by atoms with E-state index in [2.05, 4.69) is 50.5 Å². The molecule has 0 radical (unpaired) electrons. The van der Waals surface area contributed by atoms with Crippen molar-refractivity contribution in [2.45, 2.75) is 38.6 Å². The largest absolute Gasteiger partial charge is 0.383 e. The number of rotatable bonds is 8. The van der Waals surface area contributed by atoms with Crippen LogP contribution in [0.2, 0.25) is 5.02 Å². The Hall–Kier alpha value is -3.64. The number of nitrogens with zero attached hydrogens (tertiary/aromatic N) is 3. The van der Waals surface area contributed by atoms with Crippen LogP contribution in [0.25, 0.3) is 10.8 Å². The highest BCUT2D eigenvalue weighted by Crippen LogP contribution is 2.25. The van der Waals surface area contributed by atoms with Crippen molar-refractivity contribution in [3.63, 3.8) is 0 Å². The first-order valence-electron chi connectivity index (χ1n) is 12.5. The Bertz CT molecular complexity index is 1380. The third-order valence-electron chi connectivity index (χ3n) is 6.75. The number of hydrogen-bond acceptors (Lipinski definition) is 6. The van der Waals surface area contributed by atoms with Crippen LogP contribution in [0.5, 0.6) is 0 Å². The molecule has 1 fully saturated rings. The molecule has 0 spiro atoms. The van der Waals surface area contributed by atoms with Crippen LogP contribution in [-0.2, 0) is 13.0 Å². The molecule has 3 N–H and O–H groups in total. The second-order valence-corrected chi connectivity index (χ2v) is 9.73. The average molecular weight is 500 g/mol. The monoisotopic (exact) mass is 499 g/mol. The number of nitrogens with two attached hydrogens (primary N) is 1. The molecular weight excluding hydrogens is 470 g/mol. The molecule has 1 saturated heterocycles. The number of benzene rings is 2. The van der Waals surface area contributed by atoms with Crippen LogP contribution in [-0.4, -0.2) is 28.8 Å². The van der Waals surface area contributed by atoms with Gasteiger partial charge in [0.25, 0.3) is 0 Å². The summed E-state index contributed by atoms with van der Waals surface area (Å²) < 4.78 is 0. The van der Waals surface area contributed by atoms with Gasteiger partial charge in [-0.15, -0.1) is 0 Å². The molecule has 3 heterocycles. The fraction of sp³-hybridized carbons (Fsp3) is 0.276. The second kappa shape index (κ2) is 11.0. The van der Waals surface area contributed by atoms with Crippen LogP contribution in [0.15, 0.2) is 67.0 Å². The van der Waals surface area contributed by atoms with Gasteiger partial charge in [-0.1, -0.05) is 41.9 Å². The molecular formula is C29H30ClN5O. The highest BCUT2D eigenvalue weighted by molar-refractivity contribution is 6.31. The van der Waals surface area contributed by atoms with Crippen molar-refractivity contribution in [2.24, 2.45) is 0 Å². The summed E-state index contributed by atoms with van der Waals surface area (Å²) in [6, 6.07) is 18.2. The van der Waals surface area contributed by atoms with Gasteiger partial charge in [-0.2, -0.15) is 0 Å². The Morgan fingerprint density at radius 3 is 2.72 bits per heavy atom. The maximum Gasteiger partial charge on any atom is 0.166 e. The van der Waals surface area contributed by atoms with Gasteiger partial charge in [-0.3, -0.25) is 4.79 Å². The third kappa shape index (κ3) is 5.60. The van der Waals surface area contributed by atoms with Crippen LogP contribution >= 0.6 is 11.6 Å². The number of Topliss-reactive ketones (excluding diaryl/α,β-unsaturated/α-hetero) is 1. The van der Waals surface area contributed by atoms with Gasteiger partial charge in [0.05, 0.1) is 10.6 Å². The van der Waals surface area contributed by atoms with Gasteiger partial charge in [0.1, 0.15) is 11.6 Å². The van der Waals surface area contributed by atoms with Crippen LogP contribution < -0.4 is 16.0 Å². The number of hydrogen-bond donors (Lipinski definition) is 2. The molecule has 0 amide bonds. The Balaban J connectivity index is 1.27. The van der Waals surface area contributed by atoms with Gasteiger partial charge in [-0.05, 0) is 66.5 Å². The molecule has 0 atom stereocenters.